The summed E-state index contributed by atoms with van der Waals surface area (Å²) in [4.78, 5) is 0. The largest absolute Gasteiger partial charge is 0.496 e. The standard InChI is InChI=1S/C10H14O.C4H10/c1-8(2)9-6-4-5-7-10(9)11-3;1-4(2)3/h4-8H,1-3H3;4H,1-3H3. The number of para-hydroxylation sites is 1. The van der Waals surface area contributed by atoms with Gasteiger partial charge in [-0.1, -0.05) is 52.8 Å². The number of rotatable bonds is 2. The van der Waals surface area contributed by atoms with Crippen molar-refractivity contribution >= 4 is 0 Å². The summed E-state index contributed by atoms with van der Waals surface area (Å²) in [6.07, 6.45) is 0. The number of hydrogen-bond donors (Lipinski definition) is 0. The summed E-state index contributed by atoms with van der Waals surface area (Å²) in [5.41, 5.74) is 1.27. The van der Waals surface area contributed by atoms with E-state index in [1.807, 2.05) is 18.2 Å². The van der Waals surface area contributed by atoms with E-state index in [1.54, 1.807) is 7.11 Å². The molecule has 1 aromatic carbocycles. The molecular weight excluding hydrogens is 184 g/mol. The van der Waals surface area contributed by atoms with Gasteiger partial charge in [0.1, 0.15) is 5.75 Å². The molecule has 0 aliphatic carbocycles. The van der Waals surface area contributed by atoms with Gasteiger partial charge in [0, 0.05) is 0 Å². The van der Waals surface area contributed by atoms with Crippen molar-refractivity contribution in [2.45, 2.75) is 40.5 Å². The van der Waals surface area contributed by atoms with Gasteiger partial charge in [-0.3, -0.25) is 0 Å². The quantitative estimate of drug-likeness (QED) is 0.696. The molecule has 1 heteroatoms. The van der Waals surface area contributed by atoms with Gasteiger partial charge in [0.2, 0.25) is 0 Å². The van der Waals surface area contributed by atoms with Crippen LogP contribution in [0.4, 0.5) is 0 Å². The summed E-state index contributed by atoms with van der Waals surface area (Å²) in [6.45, 7) is 10.8. The molecule has 0 heterocycles. The van der Waals surface area contributed by atoms with Gasteiger partial charge in [0.25, 0.3) is 0 Å². The Morgan fingerprint density at radius 1 is 0.933 bits per heavy atom. The minimum Gasteiger partial charge on any atom is -0.496 e. The van der Waals surface area contributed by atoms with Crippen LogP contribution in [0.5, 0.6) is 5.75 Å². The number of hydrogen-bond acceptors (Lipinski definition) is 1. The molecule has 1 rings (SSSR count). The fourth-order valence-electron chi connectivity index (χ4n) is 1.14. The molecular formula is C14H24O. The van der Waals surface area contributed by atoms with E-state index in [4.69, 9.17) is 4.74 Å². The maximum absolute atomic E-state index is 5.21. The van der Waals surface area contributed by atoms with Crippen LogP contribution >= 0.6 is 0 Å². The minimum atomic E-state index is 0.533. The number of benzene rings is 1. The second-order valence-corrected chi connectivity index (χ2v) is 4.63. The molecule has 0 atom stereocenters. The predicted octanol–water partition coefficient (Wildman–Crippen LogP) is 4.48. The zero-order valence-electron chi connectivity index (χ0n) is 10.9. The highest BCUT2D eigenvalue weighted by Crippen LogP contribution is 2.24. The lowest BCUT2D eigenvalue weighted by molar-refractivity contribution is 0.407. The second kappa shape index (κ2) is 7.33. The third-order valence-electron chi connectivity index (χ3n) is 1.76. The van der Waals surface area contributed by atoms with Crippen molar-refractivity contribution in [3.63, 3.8) is 0 Å². The highest BCUT2D eigenvalue weighted by Gasteiger charge is 2.03. The normalized spacial score (nSPS) is 9.87. The Balaban J connectivity index is 0.000000423. The van der Waals surface area contributed by atoms with Crippen LogP contribution in [0.2, 0.25) is 0 Å². The summed E-state index contributed by atoms with van der Waals surface area (Å²) in [6, 6.07) is 8.13. The molecule has 0 N–H and O–H groups in total. The van der Waals surface area contributed by atoms with E-state index < -0.39 is 0 Å². The zero-order chi connectivity index (χ0) is 11.8. The van der Waals surface area contributed by atoms with Crippen molar-refractivity contribution in [1.82, 2.24) is 0 Å². The van der Waals surface area contributed by atoms with Crippen LogP contribution in [-0.4, -0.2) is 7.11 Å². The molecule has 0 aliphatic rings. The predicted molar refractivity (Wildman–Crippen MR) is 67.6 cm³/mol. The molecule has 0 saturated carbocycles. The summed E-state index contributed by atoms with van der Waals surface area (Å²) in [7, 11) is 1.71. The van der Waals surface area contributed by atoms with Gasteiger partial charge < -0.3 is 4.74 Å². The summed E-state index contributed by atoms with van der Waals surface area (Å²) >= 11 is 0. The highest BCUT2D eigenvalue weighted by atomic mass is 16.5. The average Bonchev–Trinajstić information content (AvgIpc) is 2.16. The first-order chi connectivity index (χ1) is 6.99. The van der Waals surface area contributed by atoms with Crippen LogP contribution in [0.3, 0.4) is 0 Å². The topological polar surface area (TPSA) is 9.23 Å². The van der Waals surface area contributed by atoms with Gasteiger partial charge in [-0.05, 0) is 23.5 Å². The fourth-order valence-corrected chi connectivity index (χ4v) is 1.14. The van der Waals surface area contributed by atoms with E-state index in [-0.39, 0.29) is 0 Å². The molecule has 0 fully saturated rings. The summed E-state index contributed by atoms with van der Waals surface area (Å²) in [5, 5.41) is 0. The lowest BCUT2D eigenvalue weighted by atomic mass is 10.0. The third-order valence-corrected chi connectivity index (χ3v) is 1.76. The first-order valence-electron chi connectivity index (χ1n) is 5.62. The Morgan fingerprint density at radius 2 is 1.40 bits per heavy atom. The molecule has 0 aromatic heterocycles. The maximum Gasteiger partial charge on any atom is 0.122 e. The van der Waals surface area contributed by atoms with E-state index in [1.165, 1.54) is 5.56 Å². The molecule has 15 heavy (non-hydrogen) atoms. The van der Waals surface area contributed by atoms with Gasteiger partial charge in [0.15, 0.2) is 0 Å². The number of methoxy groups -OCH3 is 1. The summed E-state index contributed by atoms with van der Waals surface area (Å²) in [5.74, 6) is 2.36. The molecule has 0 aliphatic heterocycles. The van der Waals surface area contributed by atoms with Crippen LogP contribution in [0.15, 0.2) is 24.3 Å². The Hall–Kier alpha value is -0.980. The molecule has 86 valence electrons. The maximum atomic E-state index is 5.21. The monoisotopic (exact) mass is 208 g/mol. The zero-order valence-corrected chi connectivity index (χ0v) is 10.9. The van der Waals surface area contributed by atoms with Gasteiger partial charge in [0.05, 0.1) is 7.11 Å². The van der Waals surface area contributed by atoms with E-state index in [0.717, 1.165) is 11.7 Å². The van der Waals surface area contributed by atoms with Crippen LogP contribution in [0.1, 0.15) is 46.1 Å². The first kappa shape index (κ1) is 14.0. The van der Waals surface area contributed by atoms with Gasteiger partial charge >= 0.3 is 0 Å². The van der Waals surface area contributed by atoms with Gasteiger partial charge in [-0.15, -0.1) is 0 Å². The molecule has 1 aromatic rings. The minimum absolute atomic E-state index is 0.533. The van der Waals surface area contributed by atoms with E-state index in [9.17, 15) is 0 Å². The van der Waals surface area contributed by atoms with Gasteiger partial charge in [-0.2, -0.15) is 0 Å². The van der Waals surface area contributed by atoms with Crippen molar-refractivity contribution in [3.05, 3.63) is 29.8 Å². The SMILES string of the molecule is CC(C)C.COc1ccccc1C(C)C. The number of ether oxygens (including phenoxy) is 1. The fraction of sp³-hybridized carbons (Fsp3) is 0.571. The lowest BCUT2D eigenvalue weighted by Crippen LogP contribution is -1.92. The van der Waals surface area contributed by atoms with Crippen molar-refractivity contribution in [2.75, 3.05) is 7.11 Å². The van der Waals surface area contributed by atoms with Crippen LogP contribution < -0.4 is 4.74 Å². The van der Waals surface area contributed by atoms with Crippen LogP contribution in [-0.2, 0) is 0 Å². The third kappa shape index (κ3) is 6.16. The molecule has 0 spiro atoms. The van der Waals surface area contributed by atoms with E-state index in [2.05, 4.69) is 40.7 Å². The smallest absolute Gasteiger partial charge is 0.122 e. The Labute approximate surface area is 94.5 Å². The molecule has 1 nitrogen and oxygen atoms in total. The van der Waals surface area contributed by atoms with E-state index in [0.29, 0.717) is 5.92 Å². The molecule has 0 saturated heterocycles. The molecule has 0 radical (unpaired) electrons. The van der Waals surface area contributed by atoms with Crippen LogP contribution in [0, 0.1) is 5.92 Å². The van der Waals surface area contributed by atoms with Crippen molar-refractivity contribution in [1.29, 1.82) is 0 Å². The molecule has 0 unspecified atom stereocenters. The Bertz CT molecular complexity index is 261. The Morgan fingerprint density at radius 3 is 1.73 bits per heavy atom. The lowest BCUT2D eigenvalue weighted by Gasteiger charge is -2.10. The van der Waals surface area contributed by atoms with Crippen molar-refractivity contribution in [2.24, 2.45) is 5.92 Å². The molecule has 0 amide bonds. The second-order valence-electron chi connectivity index (χ2n) is 4.63. The van der Waals surface area contributed by atoms with Crippen molar-refractivity contribution in [3.8, 4) is 5.75 Å². The Kier molecular flexibility index (Phi) is 6.85. The average molecular weight is 208 g/mol. The van der Waals surface area contributed by atoms with Crippen molar-refractivity contribution < 1.29 is 4.74 Å². The van der Waals surface area contributed by atoms with E-state index >= 15 is 0 Å². The first-order valence-corrected chi connectivity index (χ1v) is 5.62. The highest BCUT2D eigenvalue weighted by molar-refractivity contribution is 5.35. The van der Waals surface area contributed by atoms with Gasteiger partial charge in [-0.25, -0.2) is 0 Å². The van der Waals surface area contributed by atoms with Crippen LogP contribution in [0.25, 0.3) is 0 Å². The molecule has 0 bridgehead atoms. The summed E-state index contributed by atoms with van der Waals surface area (Å²) < 4.78 is 5.21.